The largest absolute Gasteiger partial charge is 0.311 e. The van der Waals surface area contributed by atoms with Crippen molar-refractivity contribution in [2.24, 2.45) is 0 Å². The predicted octanol–water partition coefficient (Wildman–Crippen LogP) is 17.0. The van der Waals surface area contributed by atoms with Gasteiger partial charge in [-0.2, -0.15) is 0 Å². The fraction of sp³-hybridized carbons (Fsp3) is 0.0492. The van der Waals surface area contributed by atoms with E-state index in [9.17, 15) is 0 Å². The molecule has 0 aliphatic heterocycles. The highest BCUT2D eigenvalue weighted by atomic mass is 15.1. The molecule has 0 amide bonds. The topological polar surface area (TPSA) is 3.24 Å². The van der Waals surface area contributed by atoms with Crippen LogP contribution in [0.4, 0.5) is 17.1 Å². The molecule has 0 aromatic heterocycles. The first-order chi connectivity index (χ1) is 30.5. The van der Waals surface area contributed by atoms with Crippen molar-refractivity contribution in [2.75, 3.05) is 4.90 Å². The van der Waals surface area contributed by atoms with Crippen molar-refractivity contribution in [3.05, 3.63) is 248 Å². The van der Waals surface area contributed by atoms with Gasteiger partial charge in [0.15, 0.2) is 0 Å². The van der Waals surface area contributed by atoms with E-state index < -0.39 is 0 Å². The fourth-order valence-corrected chi connectivity index (χ4v) is 9.69. The Balaban J connectivity index is 0.955. The van der Waals surface area contributed by atoms with Crippen LogP contribution in [0, 0.1) is 0 Å². The Hall–Kier alpha value is -7.74. The molecule has 294 valence electrons. The molecule has 10 aromatic rings. The van der Waals surface area contributed by atoms with Gasteiger partial charge in [-0.25, -0.2) is 0 Å². The molecule has 1 nitrogen and oxygen atoms in total. The van der Waals surface area contributed by atoms with Crippen molar-refractivity contribution >= 4 is 27.8 Å². The highest BCUT2D eigenvalue weighted by Gasteiger charge is 2.37. The summed E-state index contributed by atoms with van der Waals surface area (Å²) in [5.74, 6) is 0. The maximum atomic E-state index is 2.37. The minimum absolute atomic E-state index is 0.0909. The fourth-order valence-electron chi connectivity index (χ4n) is 9.69. The number of hydrogen-bond acceptors (Lipinski definition) is 1. The van der Waals surface area contributed by atoms with Crippen LogP contribution in [0.1, 0.15) is 25.0 Å². The van der Waals surface area contributed by atoms with Crippen LogP contribution in [0.25, 0.3) is 77.5 Å². The molecule has 0 radical (unpaired) electrons. The van der Waals surface area contributed by atoms with Gasteiger partial charge < -0.3 is 4.90 Å². The minimum atomic E-state index is -0.0909. The lowest BCUT2D eigenvalue weighted by Crippen LogP contribution is -2.16. The molecule has 10 aromatic carbocycles. The van der Waals surface area contributed by atoms with E-state index in [-0.39, 0.29) is 5.41 Å². The molecule has 0 atom stereocenters. The van der Waals surface area contributed by atoms with E-state index in [1.165, 1.54) is 88.7 Å². The van der Waals surface area contributed by atoms with Crippen LogP contribution in [0.3, 0.4) is 0 Å². The highest BCUT2D eigenvalue weighted by molar-refractivity contribution is 5.90. The summed E-state index contributed by atoms with van der Waals surface area (Å²) >= 11 is 0. The zero-order valence-electron chi connectivity index (χ0n) is 35.0. The summed E-state index contributed by atoms with van der Waals surface area (Å²) in [4.78, 5) is 2.37. The smallest absolute Gasteiger partial charge is 0.0462 e. The summed E-state index contributed by atoms with van der Waals surface area (Å²) < 4.78 is 0. The van der Waals surface area contributed by atoms with Crippen LogP contribution >= 0.6 is 0 Å². The Kier molecular flexibility index (Phi) is 9.24. The monoisotopic (exact) mass is 791 g/mol. The molecule has 0 saturated carbocycles. The number of anilines is 3. The van der Waals surface area contributed by atoms with Gasteiger partial charge in [0.1, 0.15) is 0 Å². The zero-order chi connectivity index (χ0) is 41.6. The number of hydrogen-bond donors (Lipinski definition) is 0. The van der Waals surface area contributed by atoms with Gasteiger partial charge in [0.25, 0.3) is 0 Å². The number of fused-ring (bicyclic) bond motifs is 4. The number of benzene rings is 10. The third-order valence-corrected chi connectivity index (χ3v) is 12.8. The quantitative estimate of drug-likeness (QED) is 0.148. The second-order valence-corrected chi connectivity index (χ2v) is 17.0. The molecule has 0 N–H and O–H groups in total. The Bertz CT molecular complexity index is 3230. The lowest BCUT2D eigenvalue weighted by Gasteiger charge is -2.27. The third-order valence-electron chi connectivity index (χ3n) is 12.8. The second-order valence-electron chi connectivity index (χ2n) is 17.0. The van der Waals surface area contributed by atoms with E-state index in [1.54, 1.807) is 0 Å². The van der Waals surface area contributed by atoms with Crippen LogP contribution in [0.2, 0.25) is 0 Å². The molecular formula is C61H45N. The first-order valence-corrected chi connectivity index (χ1v) is 21.6. The van der Waals surface area contributed by atoms with Crippen LogP contribution in [-0.2, 0) is 5.41 Å². The molecule has 1 heteroatoms. The van der Waals surface area contributed by atoms with Gasteiger partial charge in [-0.3, -0.25) is 0 Å². The molecule has 0 spiro atoms. The maximum Gasteiger partial charge on any atom is 0.0462 e. The van der Waals surface area contributed by atoms with E-state index in [1.807, 2.05) is 0 Å². The predicted molar refractivity (Wildman–Crippen MR) is 263 cm³/mol. The summed E-state index contributed by atoms with van der Waals surface area (Å²) in [6.45, 7) is 4.73. The summed E-state index contributed by atoms with van der Waals surface area (Å²) in [5, 5.41) is 2.51. The first-order valence-electron chi connectivity index (χ1n) is 21.6. The van der Waals surface area contributed by atoms with Crippen molar-refractivity contribution < 1.29 is 0 Å². The normalized spacial score (nSPS) is 12.5. The maximum absolute atomic E-state index is 2.37. The molecule has 0 fully saturated rings. The van der Waals surface area contributed by atoms with Crippen molar-refractivity contribution in [3.8, 4) is 66.8 Å². The van der Waals surface area contributed by atoms with Crippen LogP contribution in [0.5, 0.6) is 0 Å². The Morgan fingerprint density at radius 1 is 0.274 bits per heavy atom. The van der Waals surface area contributed by atoms with E-state index in [0.29, 0.717) is 0 Å². The second kappa shape index (κ2) is 15.4. The first kappa shape index (κ1) is 37.3. The van der Waals surface area contributed by atoms with E-state index in [2.05, 4.69) is 255 Å². The van der Waals surface area contributed by atoms with Crippen molar-refractivity contribution in [3.63, 3.8) is 0 Å². The Morgan fingerprint density at radius 2 is 0.677 bits per heavy atom. The minimum Gasteiger partial charge on any atom is -0.311 e. The standard InChI is InChI=1S/C61H45N/c1-61(2)59-24-9-8-21-57(59)58-23-12-22-56(60(58)61)46-31-37-55(38-32-46)62(53-33-27-44(28-34-53)49-18-10-17-48(39-49)42-13-4-3-5-14-42)54-35-29-45(30-36-54)50-19-11-20-51(40-50)52-26-25-43-15-6-7-16-47(43)41-52/h3-41H,1-2H3. The summed E-state index contributed by atoms with van der Waals surface area (Å²) in [6, 6.07) is 86.5. The average Bonchev–Trinajstić information content (AvgIpc) is 3.58. The van der Waals surface area contributed by atoms with E-state index >= 15 is 0 Å². The Morgan fingerprint density at radius 3 is 1.29 bits per heavy atom. The summed E-state index contributed by atoms with van der Waals surface area (Å²) in [5.41, 5.74) is 20.8. The summed E-state index contributed by atoms with van der Waals surface area (Å²) in [6.07, 6.45) is 0. The van der Waals surface area contributed by atoms with Gasteiger partial charge >= 0.3 is 0 Å². The molecule has 62 heavy (non-hydrogen) atoms. The molecule has 11 rings (SSSR count). The number of nitrogens with zero attached hydrogens (tertiary/aromatic N) is 1. The van der Waals surface area contributed by atoms with Gasteiger partial charge in [0, 0.05) is 22.5 Å². The van der Waals surface area contributed by atoms with Gasteiger partial charge in [-0.05, 0) is 143 Å². The van der Waals surface area contributed by atoms with Crippen LogP contribution < -0.4 is 4.90 Å². The lowest BCUT2D eigenvalue weighted by molar-refractivity contribution is 0.662. The van der Waals surface area contributed by atoms with Gasteiger partial charge in [0.2, 0.25) is 0 Å². The van der Waals surface area contributed by atoms with E-state index in [0.717, 1.165) is 17.1 Å². The molecular weight excluding hydrogens is 747 g/mol. The third kappa shape index (κ3) is 6.69. The van der Waals surface area contributed by atoms with Crippen molar-refractivity contribution in [1.29, 1.82) is 0 Å². The molecule has 0 bridgehead atoms. The Labute approximate surface area is 364 Å². The lowest BCUT2D eigenvalue weighted by atomic mass is 9.79. The van der Waals surface area contributed by atoms with Crippen molar-refractivity contribution in [1.82, 2.24) is 0 Å². The molecule has 1 aliphatic rings. The zero-order valence-corrected chi connectivity index (χ0v) is 35.0. The van der Waals surface area contributed by atoms with Crippen LogP contribution in [-0.4, -0.2) is 0 Å². The van der Waals surface area contributed by atoms with Crippen molar-refractivity contribution in [2.45, 2.75) is 19.3 Å². The van der Waals surface area contributed by atoms with Gasteiger partial charge in [-0.15, -0.1) is 0 Å². The SMILES string of the molecule is CC1(C)c2ccccc2-c2cccc(-c3ccc(N(c4ccc(-c5cccc(-c6ccccc6)c5)cc4)c4ccc(-c5cccc(-c6ccc7ccccc7c6)c5)cc4)cc3)c21. The van der Waals surface area contributed by atoms with Crippen LogP contribution in [0.15, 0.2) is 237 Å². The molecule has 1 aliphatic carbocycles. The molecule has 0 heterocycles. The van der Waals surface area contributed by atoms with Gasteiger partial charge in [-0.1, -0.05) is 196 Å². The van der Waals surface area contributed by atoms with E-state index in [4.69, 9.17) is 0 Å². The van der Waals surface area contributed by atoms with Gasteiger partial charge in [0.05, 0.1) is 0 Å². The summed E-state index contributed by atoms with van der Waals surface area (Å²) in [7, 11) is 0. The molecule has 0 saturated heterocycles. The molecule has 0 unspecified atom stereocenters. The highest BCUT2D eigenvalue weighted by Crippen LogP contribution is 2.52. The average molecular weight is 792 g/mol. The number of rotatable bonds is 8.